The van der Waals surface area contributed by atoms with Gasteiger partial charge in [0.2, 0.25) is 10.0 Å². The molecule has 0 saturated carbocycles. The van der Waals surface area contributed by atoms with Crippen LogP contribution in [0.3, 0.4) is 0 Å². The summed E-state index contributed by atoms with van der Waals surface area (Å²) < 4.78 is 40.7. The molecular weight excluding hydrogens is 494 g/mol. The minimum atomic E-state index is -3.68. The average Bonchev–Trinajstić information content (AvgIpc) is 3.22. The normalized spacial score (nSPS) is 20.8. The molecule has 2 aliphatic rings. The molecule has 7 nitrogen and oxygen atoms in total. The number of hydrogen-bond donors (Lipinski definition) is 1. The van der Waals surface area contributed by atoms with Gasteiger partial charge in [0.05, 0.1) is 28.7 Å². The summed E-state index contributed by atoms with van der Waals surface area (Å²) in [7, 11) is -3.68. The number of fused-ring (bicyclic) bond motifs is 1. The Bertz CT molecular complexity index is 1320. The summed E-state index contributed by atoms with van der Waals surface area (Å²) in [4.78, 5) is 7.34. The zero-order valence-electron chi connectivity index (χ0n) is 20.8. The molecule has 5 rings (SSSR count). The Labute approximate surface area is 217 Å². The van der Waals surface area contributed by atoms with Crippen LogP contribution in [0.2, 0.25) is 0 Å². The van der Waals surface area contributed by atoms with Crippen LogP contribution in [0.4, 0.5) is 5.82 Å². The van der Waals surface area contributed by atoms with E-state index >= 15 is 0 Å². The lowest BCUT2D eigenvalue weighted by atomic mass is 9.99. The number of hydrogen-bond acceptors (Lipinski definition) is 7. The molecule has 2 aliphatic heterocycles. The molecule has 0 amide bonds. The first kappa shape index (κ1) is 25.3. The van der Waals surface area contributed by atoms with Gasteiger partial charge in [-0.2, -0.15) is 11.8 Å². The van der Waals surface area contributed by atoms with Gasteiger partial charge in [-0.1, -0.05) is 12.1 Å². The molecule has 1 aromatic heterocycles. The molecule has 0 aliphatic carbocycles. The second-order valence-corrected chi connectivity index (χ2v) is 12.6. The van der Waals surface area contributed by atoms with Crippen molar-refractivity contribution >= 4 is 38.5 Å². The van der Waals surface area contributed by atoms with Crippen molar-refractivity contribution in [3.63, 3.8) is 0 Å². The Hall–Kier alpha value is -2.33. The van der Waals surface area contributed by atoms with E-state index in [9.17, 15) is 8.42 Å². The van der Waals surface area contributed by atoms with Crippen LogP contribution >= 0.6 is 11.8 Å². The fourth-order valence-electron chi connectivity index (χ4n) is 4.72. The maximum absolute atomic E-state index is 13.0. The van der Waals surface area contributed by atoms with Crippen molar-refractivity contribution in [2.45, 2.75) is 49.8 Å². The van der Waals surface area contributed by atoms with Gasteiger partial charge < -0.3 is 14.4 Å². The highest BCUT2D eigenvalue weighted by molar-refractivity contribution is 7.99. The van der Waals surface area contributed by atoms with Crippen LogP contribution in [0.15, 0.2) is 59.5 Å². The molecule has 2 saturated heterocycles. The summed E-state index contributed by atoms with van der Waals surface area (Å²) in [6, 6.07) is 16.5. The third kappa shape index (κ3) is 5.80. The number of nitrogens with one attached hydrogen (secondary N) is 1. The van der Waals surface area contributed by atoms with Gasteiger partial charge in [0.1, 0.15) is 11.6 Å². The molecular formula is C27H33N3O4S2. The van der Waals surface area contributed by atoms with Gasteiger partial charge >= 0.3 is 0 Å². The number of nitrogens with zero attached hydrogens (tertiary/aromatic N) is 2. The van der Waals surface area contributed by atoms with Crippen molar-refractivity contribution in [2.75, 3.05) is 36.1 Å². The van der Waals surface area contributed by atoms with E-state index in [4.69, 9.17) is 14.5 Å². The van der Waals surface area contributed by atoms with E-state index in [1.54, 1.807) is 18.2 Å². The average molecular weight is 528 g/mol. The van der Waals surface area contributed by atoms with Crippen LogP contribution in [0.1, 0.15) is 32.3 Å². The van der Waals surface area contributed by atoms with Crippen LogP contribution < -0.4 is 14.4 Å². The second kappa shape index (κ2) is 10.6. The highest BCUT2D eigenvalue weighted by atomic mass is 32.2. The first-order valence-electron chi connectivity index (χ1n) is 12.4. The fraction of sp³-hybridized carbons (Fsp3) is 0.444. The molecule has 0 radical (unpaired) electrons. The molecule has 0 bridgehead atoms. The van der Waals surface area contributed by atoms with E-state index in [-0.39, 0.29) is 23.1 Å². The number of anilines is 1. The summed E-state index contributed by atoms with van der Waals surface area (Å²) in [5, 5.41) is 0.795. The molecule has 1 N–H and O–H groups in total. The zero-order chi connectivity index (χ0) is 25.2. The zero-order valence-corrected chi connectivity index (χ0v) is 22.4. The molecule has 2 fully saturated rings. The molecule has 3 heterocycles. The van der Waals surface area contributed by atoms with E-state index in [1.165, 1.54) is 5.75 Å². The first-order chi connectivity index (χ1) is 17.3. The molecule has 1 spiro atoms. The number of aromatic nitrogens is 1. The Morgan fingerprint density at radius 3 is 2.83 bits per heavy atom. The SMILES string of the molecule is CC(C)Oc1cccc(CNS(=O)(=O)c2ccc3nc(N4CCOC5(CCSC5)CC4)ccc3c2)c1. The summed E-state index contributed by atoms with van der Waals surface area (Å²) in [6.07, 6.45) is 2.19. The molecule has 9 heteroatoms. The van der Waals surface area contributed by atoms with Crippen molar-refractivity contribution in [1.29, 1.82) is 0 Å². The minimum Gasteiger partial charge on any atom is -0.491 e. The number of sulfonamides is 1. The van der Waals surface area contributed by atoms with Gasteiger partial charge in [0.15, 0.2) is 0 Å². The smallest absolute Gasteiger partial charge is 0.240 e. The van der Waals surface area contributed by atoms with E-state index in [0.29, 0.717) is 6.61 Å². The van der Waals surface area contributed by atoms with Crippen LogP contribution in [0.5, 0.6) is 5.75 Å². The van der Waals surface area contributed by atoms with Gasteiger partial charge in [-0.25, -0.2) is 18.1 Å². The highest BCUT2D eigenvalue weighted by Gasteiger charge is 2.37. The van der Waals surface area contributed by atoms with Gasteiger partial charge in [-0.3, -0.25) is 0 Å². The van der Waals surface area contributed by atoms with Crippen LogP contribution in [-0.2, 0) is 21.3 Å². The van der Waals surface area contributed by atoms with Crippen molar-refractivity contribution in [3.05, 3.63) is 60.2 Å². The lowest BCUT2D eigenvalue weighted by Crippen LogP contribution is -2.33. The predicted molar refractivity (Wildman–Crippen MR) is 145 cm³/mol. The van der Waals surface area contributed by atoms with Crippen molar-refractivity contribution in [1.82, 2.24) is 9.71 Å². The molecule has 1 unspecified atom stereocenters. The first-order valence-corrected chi connectivity index (χ1v) is 15.1. The lowest BCUT2D eigenvalue weighted by molar-refractivity contribution is -0.0164. The van der Waals surface area contributed by atoms with Crippen molar-refractivity contribution in [2.24, 2.45) is 0 Å². The molecule has 36 heavy (non-hydrogen) atoms. The number of rotatable bonds is 7. The minimum absolute atomic E-state index is 0.0231. The molecule has 3 aromatic rings. The summed E-state index contributed by atoms with van der Waals surface area (Å²) in [5.41, 5.74) is 1.64. The second-order valence-electron chi connectivity index (χ2n) is 9.73. The quantitative estimate of drug-likeness (QED) is 0.481. The van der Waals surface area contributed by atoms with E-state index in [0.717, 1.165) is 59.7 Å². The molecule has 2 aromatic carbocycles. The summed E-state index contributed by atoms with van der Waals surface area (Å²) >= 11 is 1.98. The van der Waals surface area contributed by atoms with Crippen LogP contribution in [0.25, 0.3) is 10.9 Å². The number of thioether (sulfide) groups is 1. The van der Waals surface area contributed by atoms with E-state index < -0.39 is 10.0 Å². The van der Waals surface area contributed by atoms with Gasteiger partial charge in [-0.15, -0.1) is 0 Å². The topological polar surface area (TPSA) is 80.8 Å². The maximum atomic E-state index is 13.0. The van der Waals surface area contributed by atoms with Gasteiger partial charge in [0, 0.05) is 30.8 Å². The predicted octanol–water partition coefficient (Wildman–Crippen LogP) is 4.60. The van der Waals surface area contributed by atoms with Crippen molar-refractivity contribution < 1.29 is 17.9 Å². The van der Waals surface area contributed by atoms with Gasteiger partial charge in [-0.05, 0) is 80.5 Å². The number of benzene rings is 2. The highest BCUT2D eigenvalue weighted by Crippen LogP contribution is 2.36. The Morgan fingerprint density at radius 2 is 2.03 bits per heavy atom. The standard InChI is InChI=1S/C27H33N3O4S2/c1-20(2)34-23-5-3-4-21(16-23)18-28-36(31,32)24-7-8-25-22(17-24)6-9-26(29-25)30-12-10-27(33-14-13-30)11-15-35-19-27/h3-9,16-17,20,28H,10-15,18-19H2,1-2H3. The lowest BCUT2D eigenvalue weighted by Gasteiger charge is -2.26. The summed E-state index contributed by atoms with van der Waals surface area (Å²) in [5.74, 6) is 3.88. The largest absolute Gasteiger partial charge is 0.491 e. The van der Waals surface area contributed by atoms with E-state index in [1.807, 2.05) is 62.0 Å². The fourth-order valence-corrected chi connectivity index (χ4v) is 7.18. The monoisotopic (exact) mass is 527 g/mol. The Kier molecular flexibility index (Phi) is 7.44. The van der Waals surface area contributed by atoms with Gasteiger partial charge in [0.25, 0.3) is 0 Å². The van der Waals surface area contributed by atoms with Crippen LogP contribution in [-0.4, -0.2) is 56.3 Å². The molecule has 1 atom stereocenters. The number of pyridine rings is 1. The maximum Gasteiger partial charge on any atom is 0.240 e. The summed E-state index contributed by atoms with van der Waals surface area (Å²) in [6.45, 7) is 6.53. The third-order valence-corrected chi connectivity index (χ3v) is 9.31. The Balaban J connectivity index is 1.28. The van der Waals surface area contributed by atoms with Crippen LogP contribution in [0, 0.1) is 0 Å². The number of ether oxygens (including phenoxy) is 2. The Morgan fingerprint density at radius 1 is 1.14 bits per heavy atom. The van der Waals surface area contributed by atoms with E-state index in [2.05, 4.69) is 9.62 Å². The van der Waals surface area contributed by atoms with Crippen molar-refractivity contribution in [3.8, 4) is 5.75 Å². The molecule has 192 valence electrons. The third-order valence-electron chi connectivity index (χ3n) is 6.69.